The third-order valence-electron chi connectivity index (χ3n) is 6.55. The molecule has 3 aromatic carbocycles. The molecule has 0 saturated heterocycles. The molecule has 0 fully saturated rings. The van der Waals surface area contributed by atoms with Gasteiger partial charge in [-0.1, -0.05) is 72.8 Å². The Morgan fingerprint density at radius 2 is 1.48 bits per heavy atom. The highest BCUT2D eigenvalue weighted by Crippen LogP contribution is 2.31. The smallest absolute Gasteiger partial charge is 0.328 e. The van der Waals surface area contributed by atoms with E-state index in [9.17, 15) is 14.4 Å². The molecule has 1 N–H and O–H groups in total. The van der Waals surface area contributed by atoms with Crippen LogP contribution in [-0.4, -0.2) is 48.9 Å². The molecule has 0 bridgehead atoms. The van der Waals surface area contributed by atoms with Gasteiger partial charge in [0.1, 0.15) is 17.9 Å². The summed E-state index contributed by atoms with van der Waals surface area (Å²) in [5.74, 6) is -1.20. The molecule has 0 spiro atoms. The van der Waals surface area contributed by atoms with Gasteiger partial charge in [0.05, 0.1) is 7.11 Å². The van der Waals surface area contributed by atoms with Crippen LogP contribution in [0.4, 0.5) is 0 Å². The van der Waals surface area contributed by atoms with Crippen molar-refractivity contribution in [1.29, 1.82) is 0 Å². The lowest BCUT2D eigenvalue weighted by molar-refractivity contribution is -0.155. The highest BCUT2D eigenvalue weighted by Gasteiger charge is 2.29. The molecule has 1 aromatic heterocycles. The van der Waals surface area contributed by atoms with Crippen LogP contribution in [0.2, 0.25) is 0 Å². The first kappa shape index (κ1) is 31.6. The Labute approximate surface area is 255 Å². The second-order valence-electron chi connectivity index (χ2n) is 9.77. The highest BCUT2D eigenvalue weighted by molar-refractivity contribution is 5.98. The molecule has 1 amide bonds. The third-order valence-corrected chi connectivity index (χ3v) is 6.55. The molecule has 0 aliphatic heterocycles. The van der Waals surface area contributed by atoms with Crippen molar-refractivity contribution in [2.24, 2.45) is 0 Å². The molecule has 0 radical (unpaired) electrons. The van der Waals surface area contributed by atoms with E-state index in [1.54, 1.807) is 6.92 Å². The van der Waals surface area contributed by atoms with Crippen LogP contribution in [0.15, 0.2) is 97.2 Å². The first-order valence-corrected chi connectivity index (χ1v) is 13.9. The molecule has 0 unspecified atom stereocenters. The molecule has 10 nitrogen and oxygen atoms in total. The van der Waals surface area contributed by atoms with E-state index in [-0.39, 0.29) is 17.2 Å². The van der Waals surface area contributed by atoms with E-state index in [0.717, 1.165) is 16.7 Å². The fourth-order valence-electron chi connectivity index (χ4n) is 4.31. The molecule has 228 valence electrons. The number of rotatable bonds is 13. The number of nitrogens with zero attached hydrogens (tertiary/aromatic N) is 1. The minimum absolute atomic E-state index is 0.0436. The van der Waals surface area contributed by atoms with E-state index in [1.165, 1.54) is 33.2 Å². The first-order valence-electron chi connectivity index (χ1n) is 13.9. The zero-order chi connectivity index (χ0) is 31.5. The summed E-state index contributed by atoms with van der Waals surface area (Å²) in [5.41, 5.74) is 2.76. The Morgan fingerprint density at radius 1 is 0.841 bits per heavy atom. The molecular weight excluding hydrogens is 564 g/mol. The van der Waals surface area contributed by atoms with Crippen LogP contribution < -0.4 is 19.5 Å². The summed E-state index contributed by atoms with van der Waals surface area (Å²) in [5, 5.41) is 2.59. The maximum Gasteiger partial charge on any atom is 0.328 e. The van der Waals surface area contributed by atoms with Gasteiger partial charge in [0, 0.05) is 19.2 Å². The number of pyridine rings is 1. The average Bonchev–Trinajstić information content (AvgIpc) is 3.04. The lowest BCUT2D eigenvalue weighted by Crippen LogP contribution is -2.42. The molecule has 44 heavy (non-hydrogen) atoms. The molecule has 4 aromatic rings. The summed E-state index contributed by atoms with van der Waals surface area (Å²) in [6, 6.07) is 27.5. The van der Waals surface area contributed by atoms with Crippen molar-refractivity contribution in [1.82, 2.24) is 10.3 Å². The molecule has 4 rings (SSSR count). The Morgan fingerprint density at radius 3 is 2.11 bits per heavy atom. The van der Waals surface area contributed by atoms with Gasteiger partial charge in [0.15, 0.2) is 23.3 Å². The van der Waals surface area contributed by atoms with E-state index >= 15 is 0 Å². The number of hydrogen-bond acceptors (Lipinski definition) is 9. The number of nitrogens with one attached hydrogen (secondary N) is 1. The van der Waals surface area contributed by atoms with E-state index in [1.807, 2.05) is 84.9 Å². The molecule has 0 aliphatic rings. The van der Waals surface area contributed by atoms with E-state index in [0.29, 0.717) is 5.75 Å². The molecular formula is C34H34N2O8. The zero-order valence-corrected chi connectivity index (χ0v) is 24.9. The van der Waals surface area contributed by atoms with Crippen molar-refractivity contribution in [3.63, 3.8) is 0 Å². The van der Waals surface area contributed by atoms with Gasteiger partial charge in [-0.2, -0.15) is 0 Å². The Hall–Kier alpha value is -5.38. The number of esters is 2. The van der Waals surface area contributed by atoms with Crippen molar-refractivity contribution in [3.8, 4) is 28.4 Å². The minimum atomic E-state index is -1.06. The molecule has 0 aliphatic carbocycles. The van der Waals surface area contributed by atoms with Gasteiger partial charge < -0.3 is 29.0 Å². The van der Waals surface area contributed by atoms with Crippen LogP contribution in [-0.2, 0) is 19.1 Å². The van der Waals surface area contributed by atoms with Crippen LogP contribution in [0.25, 0.3) is 11.1 Å². The number of methoxy groups -OCH3 is 1. The second kappa shape index (κ2) is 15.2. The van der Waals surface area contributed by atoms with Crippen LogP contribution >= 0.6 is 0 Å². The quantitative estimate of drug-likeness (QED) is 0.156. The van der Waals surface area contributed by atoms with Crippen molar-refractivity contribution in [2.75, 3.05) is 13.9 Å². The zero-order valence-electron chi connectivity index (χ0n) is 24.9. The monoisotopic (exact) mass is 598 g/mol. The van der Waals surface area contributed by atoms with Crippen molar-refractivity contribution in [2.45, 2.75) is 39.0 Å². The Bertz CT molecular complexity index is 1550. The van der Waals surface area contributed by atoms with Gasteiger partial charge in [-0.25, -0.2) is 9.78 Å². The summed E-state index contributed by atoms with van der Waals surface area (Å²) in [4.78, 5) is 41.5. The Balaban J connectivity index is 1.48. The molecule has 10 heteroatoms. The second-order valence-corrected chi connectivity index (χ2v) is 9.77. The summed E-state index contributed by atoms with van der Waals surface area (Å²) in [6.07, 6.45) is -0.0240. The standard InChI is InChI=1S/C34H34N2O8/c1-22(36-33(38)30-32(42-21-41-24(3)37)29(40-4)19-20-35-30)34(39)43-23(2)31(44-28-13-9-6-10-14-28)27-17-15-26(16-18-27)25-11-7-5-8-12-25/h5-20,22-23,31H,21H2,1-4H3,(H,36,38)/t22-,23-,31-/m0/s1. The predicted octanol–water partition coefficient (Wildman–Crippen LogP) is 5.53. The lowest BCUT2D eigenvalue weighted by atomic mass is 10.00. The largest absolute Gasteiger partial charge is 0.493 e. The fourth-order valence-corrected chi connectivity index (χ4v) is 4.31. The van der Waals surface area contributed by atoms with Crippen molar-refractivity contribution >= 4 is 17.8 Å². The third kappa shape index (κ3) is 8.34. The van der Waals surface area contributed by atoms with E-state index < -0.39 is 42.9 Å². The van der Waals surface area contributed by atoms with Crippen LogP contribution in [0.5, 0.6) is 17.2 Å². The average molecular weight is 599 g/mol. The number of hydrogen-bond donors (Lipinski definition) is 1. The molecule has 1 heterocycles. The molecule has 3 atom stereocenters. The summed E-state index contributed by atoms with van der Waals surface area (Å²) < 4.78 is 27.6. The van der Waals surface area contributed by atoms with E-state index in [4.69, 9.17) is 23.7 Å². The lowest BCUT2D eigenvalue weighted by Gasteiger charge is -2.27. The van der Waals surface area contributed by atoms with Gasteiger partial charge in [-0.05, 0) is 42.7 Å². The van der Waals surface area contributed by atoms with E-state index in [2.05, 4.69) is 10.3 Å². The van der Waals surface area contributed by atoms with Gasteiger partial charge in [0.2, 0.25) is 6.79 Å². The minimum Gasteiger partial charge on any atom is -0.493 e. The number of ether oxygens (including phenoxy) is 5. The van der Waals surface area contributed by atoms with Crippen LogP contribution in [0, 0.1) is 0 Å². The number of amides is 1. The van der Waals surface area contributed by atoms with Crippen molar-refractivity contribution < 1.29 is 38.1 Å². The van der Waals surface area contributed by atoms with Gasteiger partial charge >= 0.3 is 11.9 Å². The number of aromatic nitrogens is 1. The maximum absolute atomic E-state index is 13.2. The van der Waals surface area contributed by atoms with Gasteiger partial charge in [-0.15, -0.1) is 0 Å². The number of benzene rings is 3. The normalized spacial score (nSPS) is 12.6. The number of carbonyl (C=O) groups excluding carboxylic acids is 3. The number of para-hydroxylation sites is 1. The topological polar surface area (TPSA) is 122 Å². The Kier molecular flexibility index (Phi) is 10.9. The summed E-state index contributed by atoms with van der Waals surface area (Å²) in [7, 11) is 1.39. The van der Waals surface area contributed by atoms with Crippen molar-refractivity contribution in [3.05, 3.63) is 108 Å². The maximum atomic E-state index is 13.2. The first-order chi connectivity index (χ1) is 21.3. The van der Waals surface area contributed by atoms with Gasteiger partial charge in [0.25, 0.3) is 5.91 Å². The van der Waals surface area contributed by atoms with Crippen LogP contribution in [0.3, 0.4) is 0 Å². The molecule has 0 saturated carbocycles. The summed E-state index contributed by atoms with van der Waals surface area (Å²) >= 11 is 0. The summed E-state index contributed by atoms with van der Waals surface area (Å²) in [6.45, 7) is 3.99. The highest BCUT2D eigenvalue weighted by atomic mass is 16.7. The van der Waals surface area contributed by atoms with Gasteiger partial charge in [-0.3, -0.25) is 9.59 Å². The number of carbonyl (C=O) groups is 3. The SMILES string of the molecule is COc1ccnc(C(=O)N[C@@H](C)C(=O)O[C@@H](C)[C@H](Oc2ccccc2)c2ccc(-c3ccccc3)cc2)c1OCOC(C)=O. The van der Waals surface area contributed by atoms with Crippen LogP contribution in [0.1, 0.15) is 42.9 Å². The predicted molar refractivity (Wildman–Crippen MR) is 162 cm³/mol. The fraction of sp³-hybridized carbons (Fsp3) is 0.235.